The summed E-state index contributed by atoms with van der Waals surface area (Å²) in [5.41, 5.74) is 0.816. The molecule has 1 N–H and O–H groups in total. The molecule has 1 aromatic rings. The molecule has 0 heterocycles. The van der Waals surface area contributed by atoms with E-state index in [4.69, 9.17) is 9.47 Å². The SMILES string of the molecule is CCNC1CC(Oc2ccc(F)cc2C)C1OC. The summed E-state index contributed by atoms with van der Waals surface area (Å²) in [7, 11) is 1.70. The van der Waals surface area contributed by atoms with Crippen molar-refractivity contribution in [1.29, 1.82) is 0 Å². The molecule has 0 amide bonds. The maximum absolute atomic E-state index is 13.0. The van der Waals surface area contributed by atoms with Gasteiger partial charge in [0, 0.05) is 19.6 Å². The fourth-order valence-electron chi connectivity index (χ4n) is 2.38. The fraction of sp³-hybridized carbons (Fsp3) is 0.571. The quantitative estimate of drug-likeness (QED) is 0.873. The molecule has 0 radical (unpaired) electrons. The van der Waals surface area contributed by atoms with Crippen LogP contribution in [-0.2, 0) is 4.74 Å². The topological polar surface area (TPSA) is 30.5 Å². The van der Waals surface area contributed by atoms with Crippen molar-refractivity contribution in [3.63, 3.8) is 0 Å². The maximum Gasteiger partial charge on any atom is 0.128 e. The van der Waals surface area contributed by atoms with E-state index in [1.165, 1.54) is 12.1 Å². The Labute approximate surface area is 107 Å². The van der Waals surface area contributed by atoms with Crippen LogP contribution < -0.4 is 10.1 Å². The van der Waals surface area contributed by atoms with E-state index in [9.17, 15) is 4.39 Å². The van der Waals surface area contributed by atoms with E-state index >= 15 is 0 Å². The van der Waals surface area contributed by atoms with Gasteiger partial charge in [-0.2, -0.15) is 0 Å². The number of ether oxygens (including phenoxy) is 2. The van der Waals surface area contributed by atoms with Crippen LogP contribution in [0, 0.1) is 12.7 Å². The molecule has 0 spiro atoms. The first-order valence-electron chi connectivity index (χ1n) is 6.34. The third-order valence-electron chi connectivity index (χ3n) is 3.40. The molecule has 0 aliphatic heterocycles. The zero-order valence-corrected chi connectivity index (χ0v) is 11.1. The average molecular weight is 253 g/mol. The Morgan fingerprint density at radius 2 is 2.22 bits per heavy atom. The molecule has 18 heavy (non-hydrogen) atoms. The second-order valence-electron chi connectivity index (χ2n) is 4.67. The number of benzene rings is 1. The van der Waals surface area contributed by atoms with E-state index in [1.54, 1.807) is 13.2 Å². The minimum Gasteiger partial charge on any atom is -0.487 e. The van der Waals surface area contributed by atoms with Crippen molar-refractivity contribution in [2.45, 2.75) is 38.5 Å². The summed E-state index contributed by atoms with van der Waals surface area (Å²) in [5.74, 6) is 0.501. The third-order valence-corrected chi connectivity index (χ3v) is 3.40. The molecule has 1 aliphatic carbocycles. The average Bonchev–Trinajstić information content (AvgIpc) is 2.31. The lowest BCUT2D eigenvalue weighted by molar-refractivity contribution is -0.0886. The van der Waals surface area contributed by atoms with Gasteiger partial charge in [0.15, 0.2) is 0 Å². The van der Waals surface area contributed by atoms with Gasteiger partial charge < -0.3 is 14.8 Å². The Kier molecular flexibility index (Phi) is 4.19. The zero-order valence-electron chi connectivity index (χ0n) is 11.1. The van der Waals surface area contributed by atoms with Gasteiger partial charge in [0.2, 0.25) is 0 Å². The predicted octanol–water partition coefficient (Wildman–Crippen LogP) is 2.28. The number of hydrogen-bond acceptors (Lipinski definition) is 3. The van der Waals surface area contributed by atoms with E-state index < -0.39 is 0 Å². The highest BCUT2D eigenvalue weighted by Crippen LogP contribution is 2.30. The van der Waals surface area contributed by atoms with Crippen LogP contribution in [0.5, 0.6) is 5.75 Å². The summed E-state index contributed by atoms with van der Waals surface area (Å²) < 4.78 is 24.3. The largest absolute Gasteiger partial charge is 0.487 e. The second-order valence-corrected chi connectivity index (χ2v) is 4.67. The number of halogens is 1. The summed E-state index contributed by atoms with van der Waals surface area (Å²) in [6.45, 7) is 4.85. The Hall–Kier alpha value is -1.13. The maximum atomic E-state index is 13.0. The molecular weight excluding hydrogens is 233 g/mol. The first kappa shape index (κ1) is 13.3. The van der Waals surface area contributed by atoms with Gasteiger partial charge in [-0.1, -0.05) is 6.92 Å². The molecule has 1 fully saturated rings. The smallest absolute Gasteiger partial charge is 0.128 e. The molecule has 3 atom stereocenters. The van der Waals surface area contributed by atoms with Crippen molar-refractivity contribution < 1.29 is 13.9 Å². The van der Waals surface area contributed by atoms with Crippen LogP contribution in [-0.4, -0.2) is 31.9 Å². The van der Waals surface area contributed by atoms with Gasteiger partial charge in [0.25, 0.3) is 0 Å². The molecule has 1 aliphatic rings. The van der Waals surface area contributed by atoms with E-state index in [0.717, 1.165) is 24.3 Å². The molecule has 0 bridgehead atoms. The van der Waals surface area contributed by atoms with Crippen LogP contribution in [0.2, 0.25) is 0 Å². The Balaban J connectivity index is 1.98. The van der Waals surface area contributed by atoms with Crippen LogP contribution in [0.1, 0.15) is 18.9 Å². The molecule has 1 aromatic carbocycles. The van der Waals surface area contributed by atoms with Crippen molar-refractivity contribution in [2.24, 2.45) is 0 Å². The van der Waals surface area contributed by atoms with Gasteiger partial charge in [-0.15, -0.1) is 0 Å². The number of hydrogen-bond donors (Lipinski definition) is 1. The lowest BCUT2D eigenvalue weighted by Gasteiger charge is -2.43. The molecule has 1 saturated carbocycles. The molecule has 0 saturated heterocycles. The number of nitrogens with one attached hydrogen (secondary N) is 1. The molecule has 4 heteroatoms. The van der Waals surface area contributed by atoms with E-state index in [0.29, 0.717) is 6.04 Å². The van der Waals surface area contributed by atoms with Gasteiger partial charge in [-0.05, 0) is 37.2 Å². The summed E-state index contributed by atoms with van der Waals surface area (Å²) in [5, 5.41) is 3.36. The van der Waals surface area contributed by atoms with Gasteiger partial charge in [0.1, 0.15) is 23.8 Å². The van der Waals surface area contributed by atoms with E-state index in [1.807, 2.05) is 6.92 Å². The van der Waals surface area contributed by atoms with Crippen molar-refractivity contribution >= 4 is 0 Å². The van der Waals surface area contributed by atoms with Crippen LogP contribution in [0.25, 0.3) is 0 Å². The molecular formula is C14H20FNO2. The summed E-state index contributed by atoms with van der Waals surface area (Å²) in [6.07, 6.45) is 1.03. The highest BCUT2D eigenvalue weighted by atomic mass is 19.1. The molecule has 0 aromatic heterocycles. The minimum absolute atomic E-state index is 0.0446. The highest BCUT2D eigenvalue weighted by Gasteiger charge is 2.42. The number of aryl methyl sites for hydroxylation is 1. The standard InChI is InChI=1S/C14H20FNO2/c1-4-16-11-8-13(14(11)17-3)18-12-6-5-10(15)7-9(12)2/h5-7,11,13-14,16H,4,8H2,1-3H3. The van der Waals surface area contributed by atoms with Crippen LogP contribution >= 0.6 is 0 Å². The van der Waals surface area contributed by atoms with Crippen molar-refractivity contribution in [2.75, 3.05) is 13.7 Å². The van der Waals surface area contributed by atoms with Gasteiger partial charge in [-0.25, -0.2) is 4.39 Å². The number of likely N-dealkylation sites (N-methyl/N-ethyl adjacent to an activating group) is 1. The lowest BCUT2D eigenvalue weighted by atomic mass is 9.85. The molecule has 3 nitrogen and oxygen atoms in total. The van der Waals surface area contributed by atoms with Crippen LogP contribution in [0.15, 0.2) is 18.2 Å². The first-order chi connectivity index (χ1) is 8.65. The highest BCUT2D eigenvalue weighted by molar-refractivity contribution is 5.33. The Bertz CT molecular complexity index is 411. The Morgan fingerprint density at radius 3 is 2.83 bits per heavy atom. The minimum atomic E-state index is -0.234. The number of methoxy groups -OCH3 is 1. The number of rotatable bonds is 5. The van der Waals surface area contributed by atoms with Crippen LogP contribution in [0.3, 0.4) is 0 Å². The van der Waals surface area contributed by atoms with Crippen molar-refractivity contribution in [3.8, 4) is 5.75 Å². The molecule has 100 valence electrons. The van der Waals surface area contributed by atoms with Gasteiger partial charge in [-0.3, -0.25) is 0 Å². The lowest BCUT2D eigenvalue weighted by Crippen LogP contribution is -2.60. The normalized spacial score (nSPS) is 26.8. The third kappa shape index (κ3) is 2.65. The van der Waals surface area contributed by atoms with Gasteiger partial charge >= 0.3 is 0 Å². The molecule has 2 rings (SSSR count). The van der Waals surface area contributed by atoms with Crippen molar-refractivity contribution in [3.05, 3.63) is 29.6 Å². The van der Waals surface area contributed by atoms with Crippen LogP contribution in [0.4, 0.5) is 4.39 Å². The van der Waals surface area contributed by atoms with Crippen molar-refractivity contribution in [1.82, 2.24) is 5.32 Å². The summed E-state index contributed by atoms with van der Waals surface area (Å²) in [6, 6.07) is 4.94. The van der Waals surface area contributed by atoms with Gasteiger partial charge in [0.05, 0.1) is 0 Å². The van der Waals surface area contributed by atoms with E-state index in [-0.39, 0.29) is 18.0 Å². The van der Waals surface area contributed by atoms with E-state index in [2.05, 4.69) is 12.2 Å². The predicted molar refractivity (Wildman–Crippen MR) is 68.4 cm³/mol. The fourth-order valence-corrected chi connectivity index (χ4v) is 2.38. The molecule has 3 unspecified atom stereocenters. The second kappa shape index (κ2) is 5.67. The summed E-state index contributed by atoms with van der Waals surface area (Å²) in [4.78, 5) is 0. The Morgan fingerprint density at radius 1 is 1.44 bits per heavy atom. The zero-order chi connectivity index (χ0) is 13.1. The monoisotopic (exact) mass is 253 g/mol. The summed E-state index contributed by atoms with van der Waals surface area (Å²) >= 11 is 0. The first-order valence-corrected chi connectivity index (χ1v) is 6.34.